The van der Waals surface area contributed by atoms with Gasteiger partial charge in [0.15, 0.2) is 5.82 Å². The van der Waals surface area contributed by atoms with Crippen molar-refractivity contribution in [2.75, 3.05) is 18.8 Å². The Bertz CT molecular complexity index is 1130. The number of anilines is 1. The minimum atomic E-state index is -3.05. The van der Waals surface area contributed by atoms with Gasteiger partial charge in [-0.15, -0.1) is 5.10 Å². The molecule has 1 atom stereocenters. The maximum atomic E-state index is 13.7. The Hall–Kier alpha value is -2.63. The first-order valence-electron chi connectivity index (χ1n) is 9.74. The highest BCUT2D eigenvalue weighted by Gasteiger charge is 2.41. The zero-order valence-corrected chi connectivity index (χ0v) is 17.0. The molecule has 4 heterocycles. The standard InChI is InChI=1S/C11H8FN5.C8H15NO3S/c12-7-5-9(8-3-1-2-4-14-8)17-10(7)6-15-11(13)16-17;10-7-2-1-5-9(6-7)13(11,12)8-3-4-8/h1-6H,(H2,13,16);7-8,10H,1-6H2. The van der Waals surface area contributed by atoms with Crippen LogP contribution < -0.4 is 5.73 Å². The number of nitrogens with two attached hydrogens (primary N) is 1. The molecule has 3 aromatic heterocycles. The van der Waals surface area contributed by atoms with E-state index in [2.05, 4.69) is 15.1 Å². The minimum Gasteiger partial charge on any atom is -0.392 e. The molecule has 160 valence electrons. The highest BCUT2D eigenvalue weighted by Crippen LogP contribution is 2.32. The third-order valence-corrected chi connectivity index (χ3v) is 7.44. The van der Waals surface area contributed by atoms with Crippen LogP contribution >= 0.6 is 0 Å². The lowest BCUT2D eigenvalue weighted by Crippen LogP contribution is -2.43. The van der Waals surface area contributed by atoms with Gasteiger partial charge in [-0.1, -0.05) is 6.07 Å². The van der Waals surface area contributed by atoms with Crippen LogP contribution in [0.3, 0.4) is 0 Å². The molecule has 9 nitrogen and oxygen atoms in total. The number of nitrogen functional groups attached to an aromatic ring is 1. The number of rotatable bonds is 3. The van der Waals surface area contributed by atoms with E-state index in [1.165, 1.54) is 21.1 Å². The van der Waals surface area contributed by atoms with Gasteiger partial charge in [0, 0.05) is 25.4 Å². The van der Waals surface area contributed by atoms with Crippen LogP contribution in [0.15, 0.2) is 36.7 Å². The molecule has 11 heteroatoms. The molecule has 0 bridgehead atoms. The predicted molar refractivity (Wildman–Crippen MR) is 109 cm³/mol. The summed E-state index contributed by atoms with van der Waals surface area (Å²) in [4.78, 5) is 7.91. The first-order valence-corrected chi connectivity index (χ1v) is 11.2. The zero-order chi connectivity index (χ0) is 21.3. The van der Waals surface area contributed by atoms with E-state index in [0.717, 1.165) is 25.7 Å². The molecule has 3 aromatic rings. The van der Waals surface area contributed by atoms with Crippen molar-refractivity contribution >= 4 is 21.5 Å². The van der Waals surface area contributed by atoms with E-state index >= 15 is 0 Å². The molecule has 0 radical (unpaired) electrons. The van der Waals surface area contributed by atoms with E-state index in [1.54, 1.807) is 18.3 Å². The largest absolute Gasteiger partial charge is 0.392 e. The number of hydrogen-bond acceptors (Lipinski definition) is 7. The molecule has 1 aliphatic carbocycles. The second-order valence-electron chi connectivity index (χ2n) is 7.40. The second kappa shape index (κ2) is 8.25. The average molecular weight is 434 g/mol. The van der Waals surface area contributed by atoms with Crippen LogP contribution in [0.1, 0.15) is 25.7 Å². The van der Waals surface area contributed by atoms with Crippen molar-refractivity contribution in [2.45, 2.75) is 37.0 Å². The zero-order valence-electron chi connectivity index (χ0n) is 16.2. The second-order valence-corrected chi connectivity index (χ2v) is 9.62. The van der Waals surface area contributed by atoms with Crippen LogP contribution in [0.2, 0.25) is 0 Å². The number of halogens is 1. The molecule has 0 spiro atoms. The van der Waals surface area contributed by atoms with E-state index < -0.39 is 21.9 Å². The summed E-state index contributed by atoms with van der Waals surface area (Å²) in [6.45, 7) is 0.898. The fourth-order valence-electron chi connectivity index (χ4n) is 3.39. The highest BCUT2D eigenvalue weighted by molar-refractivity contribution is 7.90. The summed E-state index contributed by atoms with van der Waals surface area (Å²) < 4.78 is 39.9. The molecule has 2 fully saturated rings. The van der Waals surface area contributed by atoms with Gasteiger partial charge in [-0.3, -0.25) is 4.98 Å². The number of aliphatic hydroxyl groups excluding tert-OH is 1. The van der Waals surface area contributed by atoms with Crippen LogP contribution in [0.5, 0.6) is 0 Å². The number of sulfonamides is 1. The van der Waals surface area contributed by atoms with Crippen molar-refractivity contribution in [3.05, 3.63) is 42.5 Å². The SMILES string of the molecule is Nc1ncc2c(F)cc(-c3ccccn3)n2n1.O=S(=O)(C1CC1)N1CCCC(O)C1. The summed E-state index contributed by atoms with van der Waals surface area (Å²) >= 11 is 0. The van der Waals surface area contributed by atoms with Crippen LogP contribution in [0, 0.1) is 5.82 Å². The van der Waals surface area contributed by atoms with Gasteiger partial charge in [-0.05, 0) is 37.8 Å². The number of aromatic nitrogens is 4. The van der Waals surface area contributed by atoms with Crippen molar-refractivity contribution in [3.8, 4) is 11.4 Å². The molecular weight excluding hydrogens is 411 g/mol. The monoisotopic (exact) mass is 434 g/mol. The number of pyridine rings is 1. The molecule has 0 amide bonds. The minimum absolute atomic E-state index is 0.0882. The van der Waals surface area contributed by atoms with E-state index in [-0.39, 0.29) is 16.7 Å². The maximum Gasteiger partial charge on any atom is 0.238 e. The van der Waals surface area contributed by atoms with Crippen molar-refractivity contribution in [2.24, 2.45) is 0 Å². The fourth-order valence-corrected chi connectivity index (χ4v) is 5.31. The Balaban J connectivity index is 0.000000151. The van der Waals surface area contributed by atoms with Gasteiger partial charge in [0.2, 0.25) is 16.0 Å². The Morgan fingerprint density at radius 3 is 2.67 bits per heavy atom. The van der Waals surface area contributed by atoms with E-state index in [9.17, 15) is 17.9 Å². The molecule has 0 aromatic carbocycles. The molecule has 1 saturated carbocycles. The lowest BCUT2D eigenvalue weighted by Gasteiger charge is -2.29. The Morgan fingerprint density at radius 2 is 2.00 bits per heavy atom. The number of hydrogen-bond donors (Lipinski definition) is 2. The number of fused-ring (bicyclic) bond motifs is 1. The number of aliphatic hydroxyl groups is 1. The molecule has 3 N–H and O–H groups in total. The van der Waals surface area contributed by atoms with Gasteiger partial charge in [-0.2, -0.15) is 4.31 Å². The summed E-state index contributed by atoms with van der Waals surface area (Å²) in [5.74, 6) is -0.309. The van der Waals surface area contributed by atoms with Crippen molar-refractivity contribution in [1.82, 2.24) is 23.9 Å². The van der Waals surface area contributed by atoms with Gasteiger partial charge in [0.05, 0.1) is 28.9 Å². The maximum absolute atomic E-state index is 13.7. The smallest absolute Gasteiger partial charge is 0.238 e. The number of nitrogens with zero attached hydrogens (tertiary/aromatic N) is 5. The quantitative estimate of drug-likeness (QED) is 0.639. The molecule has 1 unspecified atom stereocenters. The summed E-state index contributed by atoms with van der Waals surface area (Å²) in [5, 5.41) is 13.2. The number of β-amino-alcohol motifs (C(OH)–C–C–N with tert-alkyl or cyclic N) is 1. The normalized spacial score (nSPS) is 20.0. The van der Waals surface area contributed by atoms with Gasteiger partial charge in [0.1, 0.15) is 5.52 Å². The topological polar surface area (TPSA) is 127 Å². The first kappa shape index (κ1) is 20.6. The Labute approximate surface area is 173 Å². The molecule has 30 heavy (non-hydrogen) atoms. The number of piperidine rings is 1. The first-order chi connectivity index (χ1) is 14.4. The van der Waals surface area contributed by atoms with Gasteiger partial charge in [-0.25, -0.2) is 22.3 Å². The Kier molecular flexibility index (Phi) is 5.67. The molecule has 5 rings (SSSR count). The third-order valence-electron chi connectivity index (χ3n) is 5.08. The summed E-state index contributed by atoms with van der Waals surface area (Å²) in [5.41, 5.74) is 6.95. The van der Waals surface area contributed by atoms with Crippen LogP contribution in [0.25, 0.3) is 16.9 Å². The van der Waals surface area contributed by atoms with Gasteiger partial charge >= 0.3 is 0 Å². The summed E-state index contributed by atoms with van der Waals surface area (Å²) in [6.07, 6.45) is 5.65. The molecule has 2 aliphatic rings. The van der Waals surface area contributed by atoms with Crippen LogP contribution in [-0.2, 0) is 10.0 Å². The van der Waals surface area contributed by atoms with E-state index in [0.29, 0.717) is 24.5 Å². The van der Waals surface area contributed by atoms with E-state index in [4.69, 9.17) is 5.73 Å². The third kappa shape index (κ3) is 4.27. The van der Waals surface area contributed by atoms with Crippen molar-refractivity contribution in [3.63, 3.8) is 0 Å². The predicted octanol–water partition coefficient (Wildman–Crippen LogP) is 1.45. The van der Waals surface area contributed by atoms with Crippen molar-refractivity contribution in [1.29, 1.82) is 0 Å². The van der Waals surface area contributed by atoms with Crippen molar-refractivity contribution < 1.29 is 17.9 Å². The van der Waals surface area contributed by atoms with Gasteiger partial charge < -0.3 is 10.8 Å². The lowest BCUT2D eigenvalue weighted by molar-refractivity contribution is 0.108. The summed E-state index contributed by atoms with van der Waals surface area (Å²) in [6, 6.07) is 6.76. The molecular formula is C19H23FN6O3S. The average Bonchev–Trinajstić information content (AvgIpc) is 3.55. The van der Waals surface area contributed by atoms with E-state index in [1.807, 2.05) is 6.07 Å². The van der Waals surface area contributed by atoms with Crippen LogP contribution in [0.4, 0.5) is 10.3 Å². The van der Waals surface area contributed by atoms with Gasteiger partial charge in [0.25, 0.3) is 0 Å². The fraction of sp³-hybridized carbons (Fsp3) is 0.421. The lowest BCUT2D eigenvalue weighted by atomic mass is 10.1. The van der Waals surface area contributed by atoms with Crippen LogP contribution in [-0.4, -0.2) is 61.9 Å². The molecule has 1 saturated heterocycles. The summed E-state index contributed by atoms with van der Waals surface area (Å²) in [7, 11) is -3.05. The molecule has 1 aliphatic heterocycles. The highest BCUT2D eigenvalue weighted by atomic mass is 32.2. The Morgan fingerprint density at radius 1 is 1.20 bits per heavy atom.